The first-order chi connectivity index (χ1) is 14.8. The number of para-hydroxylation sites is 1. The van der Waals surface area contributed by atoms with Crippen LogP contribution in [-0.2, 0) is 0 Å². The number of anilines is 3. The first-order valence-electron chi connectivity index (χ1n) is 10.4. The molecular weight excluding hydrogens is 414 g/mol. The van der Waals surface area contributed by atoms with Gasteiger partial charge in [-0.25, -0.2) is 9.97 Å². The van der Waals surface area contributed by atoms with E-state index in [9.17, 15) is 0 Å². The lowest BCUT2D eigenvalue weighted by Gasteiger charge is -2.26. The van der Waals surface area contributed by atoms with Crippen molar-refractivity contribution in [2.75, 3.05) is 36.8 Å². The standard InChI is InChI=1S/C23H24ClN5S/c24-16-7-6-8-17(15-16)26-20-18-9-2-3-10-19(18)27-22-21(20)28-23(30-22)25-11-14-29-12-4-1-5-13-29/h2-3,6-10,15H,1,4-5,11-14H2,(H,25,28)(H,26,27). The molecule has 0 bridgehead atoms. The molecule has 154 valence electrons. The minimum atomic E-state index is 0.702. The maximum Gasteiger partial charge on any atom is 0.185 e. The Morgan fingerprint density at radius 3 is 2.73 bits per heavy atom. The highest BCUT2D eigenvalue weighted by Crippen LogP contribution is 2.36. The van der Waals surface area contributed by atoms with E-state index in [0.717, 1.165) is 50.8 Å². The summed E-state index contributed by atoms with van der Waals surface area (Å²) in [5.41, 5.74) is 3.75. The summed E-state index contributed by atoms with van der Waals surface area (Å²) in [5, 5.41) is 9.72. The first kappa shape index (κ1) is 19.5. The second kappa shape index (κ2) is 8.76. The molecular formula is C23H24ClN5S. The molecule has 5 nitrogen and oxygen atoms in total. The van der Waals surface area contributed by atoms with Crippen molar-refractivity contribution < 1.29 is 0 Å². The SMILES string of the molecule is Clc1cccc(Nc2c3ccccc3nc3sc(NCCN4CCCCC4)nc23)c1. The molecule has 2 aromatic heterocycles. The van der Waals surface area contributed by atoms with Gasteiger partial charge in [-0.2, -0.15) is 0 Å². The molecule has 0 spiro atoms. The third kappa shape index (κ3) is 4.21. The maximum absolute atomic E-state index is 6.19. The molecule has 7 heteroatoms. The highest BCUT2D eigenvalue weighted by Gasteiger charge is 2.15. The van der Waals surface area contributed by atoms with Crippen molar-refractivity contribution in [3.8, 4) is 0 Å². The smallest absolute Gasteiger partial charge is 0.185 e. The number of fused-ring (bicyclic) bond motifs is 2. The number of pyridine rings is 1. The second-order valence-corrected chi connectivity index (χ2v) is 9.06. The zero-order valence-electron chi connectivity index (χ0n) is 16.7. The number of aromatic nitrogens is 2. The molecule has 0 saturated carbocycles. The quantitative estimate of drug-likeness (QED) is 0.379. The fraction of sp³-hybridized carbons (Fsp3) is 0.304. The van der Waals surface area contributed by atoms with E-state index in [0.29, 0.717) is 5.02 Å². The highest BCUT2D eigenvalue weighted by atomic mass is 35.5. The largest absolute Gasteiger partial charge is 0.360 e. The number of nitrogens with one attached hydrogen (secondary N) is 2. The molecule has 1 fully saturated rings. The van der Waals surface area contributed by atoms with Crippen LogP contribution in [0.4, 0.5) is 16.5 Å². The van der Waals surface area contributed by atoms with E-state index in [1.807, 2.05) is 42.5 Å². The van der Waals surface area contributed by atoms with E-state index in [1.54, 1.807) is 11.3 Å². The van der Waals surface area contributed by atoms with Crippen LogP contribution in [0.2, 0.25) is 5.02 Å². The van der Waals surface area contributed by atoms with Gasteiger partial charge in [0.05, 0.1) is 11.2 Å². The Labute approximate surface area is 185 Å². The van der Waals surface area contributed by atoms with E-state index >= 15 is 0 Å². The van der Waals surface area contributed by atoms with Crippen LogP contribution in [0.25, 0.3) is 21.3 Å². The number of halogens is 1. The van der Waals surface area contributed by atoms with Gasteiger partial charge in [0.1, 0.15) is 10.3 Å². The third-order valence-electron chi connectivity index (χ3n) is 5.49. The summed E-state index contributed by atoms with van der Waals surface area (Å²) >= 11 is 7.80. The van der Waals surface area contributed by atoms with Crippen LogP contribution in [0, 0.1) is 0 Å². The van der Waals surface area contributed by atoms with Gasteiger partial charge in [0.15, 0.2) is 5.13 Å². The average molecular weight is 438 g/mol. The van der Waals surface area contributed by atoms with Crippen molar-refractivity contribution in [1.29, 1.82) is 0 Å². The van der Waals surface area contributed by atoms with Crippen LogP contribution in [-0.4, -0.2) is 41.0 Å². The average Bonchev–Trinajstić information content (AvgIpc) is 3.17. The van der Waals surface area contributed by atoms with Crippen molar-refractivity contribution in [2.45, 2.75) is 19.3 Å². The fourth-order valence-corrected chi connectivity index (χ4v) is 5.06. The molecule has 2 aromatic carbocycles. The minimum Gasteiger partial charge on any atom is -0.360 e. The Balaban J connectivity index is 1.45. The zero-order chi connectivity index (χ0) is 20.3. The Morgan fingerprint density at radius 2 is 1.87 bits per heavy atom. The predicted molar refractivity (Wildman–Crippen MR) is 128 cm³/mol. The van der Waals surface area contributed by atoms with Gasteiger partial charge < -0.3 is 15.5 Å². The maximum atomic E-state index is 6.19. The Hall–Kier alpha value is -2.41. The summed E-state index contributed by atoms with van der Waals surface area (Å²) in [7, 11) is 0. The molecule has 1 aliphatic rings. The van der Waals surface area contributed by atoms with Crippen LogP contribution in [0.3, 0.4) is 0 Å². The summed E-state index contributed by atoms with van der Waals surface area (Å²) in [4.78, 5) is 13.2. The van der Waals surface area contributed by atoms with E-state index < -0.39 is 0 Å². The van der Waals surface area contributed by atoms with Gasteiger partial charge in [-0.3, -0.25) is 0 Å². The van der Waals surface area contributed by atoms with Gasteiger partial charge in [0, 0.05) is 29.2 Å². The van der Waals surface area contributed by atoms with Crippen LogP contribution >= 0.6 is 22.9 Å². The van der Waals surface area contributed by atoms with Crippen LogP contribution in [0.15, 0.2) is 48.5 Å². The number of hydrogen-bond acceptors (Lipinski definition) is 6. The van der Waals surface area contributed by atoms with E-state index in [2.05, 4.69) is 21.6 Å². The normalized spacial score (nSPS) is 15.0. The third-order valence-corrected chi connectivity index (χ3v) is 6.63. The molecule has 30 heavy (non-hydrogen) atoms. The molecule has 0 unspecified atom stereocenters. The molecule has 1 saturated heterocycles. The van der Waals surface area contributed by atoms with Gasteiger partial charge >= 0.3 is 0 Å². The molecule has 5 rings (SSSR count). The minimum absolute atomic E-state index is 0.702. The summed E-state index contributed by atoms with van der Waals surface area (Å²) < 4.78 is 0. The number of rotatable bonds is 6. The molecule has 4 aromatic rings. The molecule has 0 atom stereocenters. The summed E-state index contributed by atoms with van der Waals surface area (Å²) in [6.07, 6.45) is 4.00. The van der Waals surface area contributed by atoms with Crippen molar-refractivity contribution in [1.82, 2.24) is 14.9 Å². The number of hydrogen-bond donors (Lipinski definition) is 2. The molecule has 0 aliphatic carbocycles. The molecule has 1 aliphatic heterocycles. The van der Waals surface area contributed by atoms with Crippen molar-refractivity contribution in [3.63, 3.8) is 0 Å². The van der Waals surface area contributed by atoms with E-state index in [1.165, 1.54) is 32.4 Å². The van der Waals surface area contributed by atoms with E-state index in [4.69, 9.17) is 21.6 Å². The van der Waals surface area contributed by atoms with Crippen molar-refractivity contribution >= 4 is 60.7 Å². The first-order valence-corrected chi connectivity index (χ1v) is 11.6. The number of benzene rings is 2. The van der Waals surface area contributed by atoms with Gasteiger partial charge in [-0.05, 0) is 50.2 Å². The molecule has 0 radical (unpaired) electrons. The van der Waals surface area contributed by atoms with Crippen LogP contribution in [0.1, 0.15) is 19.3 Å². The van der Waals surface area contributed by atoms with Crippen molar-refractivity contribution in [2.24, 2.45) is 0 Å². The van der Waals surface area contributed by atoms with Crippen LogP contribution in [0.5, 0.6) is 0 Å². The highest BCUT2D eigenvalue weighted by molar-refractivity contribution is 7.21. The fourth-order valence-electron chi connectivity index (χ4n) is 3.99. The lowest BCUT2D eigenvalue weighted by atomic mass is 10.1. The predicted octanol–water partition coefficient (Wildman–Crippen LogP) is 6.14. The zero-order valence-corrected chi connectivity index (χ0v) is 18.3. The Kier molecular flexibility index (Phi) is 5.71. The van der Waals surface area contributed by atoms with Crippen molar-refractivity contribution in [3.05, 3.63) is 53.6 Å². The number of piperidine rings is 1. The Morgan fingerprint density at radius 1 is 1.00 bits per heavy atom. The monoisotopic (exact) mass is 437 g/mol. The topological polar surface area (TPSA) is 53.1 Å². The number of nitrogens with zero attached hydrogens (tertiary/aromatic N) is 3. The second-order valence-electron chi connectivity index (χ2n) is 7.64. The van der Waals surface area contributed by atoms with Crippen LogP contribution < -0.4 is 10.6 Å². The molecule has 3 heterocycles. The van der Waals surface area contributed by atoms with Gasteiger partial charge in [-0.15, -0.1) is 0 Å². The summed E-state index contributed by atoms with van der Waals surface area (Å²) in [6.45, 7) is 4.37. The lowest BCUT2D eigenvalue weighted by Crippen LogP contribution is -2.33. The van der Waals surface area contributed by atoms with Gasteiger partial charge in [0.2, 0.25) is 0 Å². The lowest BCUT2D eigenvalue weighted by molar-refractivity contribution is 0.237. The van der Waals surface area contributed by atoms with E-state index in [-0.39, 0.29) is 0 Å². The summed E-state index contributed by atoms with van der Waals surface area (Å²) in [6, 6.07) is 15.9. The Bertz CT molecular complexity index is 1170. The number of likely N-dealkylation sites (tertiary alicyclic amines) is 1. The molecule has 2 N–H and O–H groups in total. The van der Waals surface area contributed by atoms with Gasteiger partial charge in [0.25, 0.3) is 0 Å². The molecule has 0 amide bonds. The van der Waals surface area contributed by atoms with Gasteiger partial charge in [-0.1, -0.05) is 53.6 Å². The number of thiazole rings is 1. The summed E-state index contributed by atoms with van der Waals surface area (Å²) in [5.74, 6) is 0.